The van der Waals surface area contributed by atoms with Gasteiger partial charge in [0.25, 0.3) is 0 Å². The number of benzene rings is 1. The maximum absolute atomic E-state index is 12.8. The van der Waals surface area contributed by atoms with Crippen molar-refractivity contribution in [2.45, 2.75) is 5.92 Å². The molecule has 1 fully saturated rings. The zero-order valence-corrected chi connectivity index (χ0v) is 11.5. The van der Waals surface area contributed by atoms with Crippen LogP contribution in [0.5, 0.6) is 0 Å². The first-order chi connectivity index (χ1) is 10.1. The van der Waals surface area contributed by atoms with E-state index in [0.717, 1.165) is 16.8 Å². The molecule has 1 unspecified atom stereocenters. The summed E-state index contributed by atoms with van der Waals surface area (Å²) in [5.41, 5.74) is 2.30. The van der Waals surface area contributed by atoms with Crippen molar-refractivity contribution >= 4 is 5.91 Å². The van der Waals surface area contributed by atoms with Gasteiger partial charge in [-0.1, -0.05) is 11.8 Å². The number of carbonyl (C=O) groups excluding carboxylic acids is 1. The predicted octanol–water partition coefficient (Wildman–Crippen LogP) is 2.18. The van der Waals surface area contributed by atoms with E-state index in [4.69, 9.17) is 0 Å². The smallest absolute Gasteiger partial charge is 0.233 e. The molecule has 1 aromatic heterocycles. The lowest BCUT2D eigenvalue weighted by molar-refractivity contribution is -0.140. The van der Waals surface area contributed by atoms with Crippen LogP contribution in [0.2, 0.25) is 0 Å². The maximum atomic E-state index is 12.8. The summed E-state index contributed by atoms with van der Waals surface area (Å²) in [7, 11) is 1.78. The van der Waals surface area contributed by atoms with Crippen molar-refractivity contribution in [3.8, 4) is 11.8 Å². The molecule has 1 atom stereocenters. The summed E-state index contributed by atoms with van der Waals surface area (Å²) in [4.78, 5) is 17.6. The summed E-state index contributed by atoms with van der Waals surface area (Å²) in [6, 6.07) is 9.71. The standard InChI is InChI=1S/C17H13FN2O/c1-20-11-15(17(20)21)16-9-6-13(10-19-16)3-2-12-4-7-14(18)8-5-12/h4-10,15H,11H2,1H3. The Morgan fingerprint density at radius 2 is 1.81 bits per heavy atom. The Labute approximate surface area is 122 Å². The summed E-state index contributed by atoms with van der Waals surface area (Å²) < 4.78 is 12.8. The van der Waals surface area contributed by atoms with Crippen molar-refractivity contribution in [3.05, 3.63) is 65.2 Å². The molecule has 0 saturated carbocycles. The van der Waals surface area contributed by atoms with Gasteiger partial charge in [-0.2, -0.15) is 0 Å². The van der Waals surface area contributed by atoms with Crippen LogP contribution in [-0.2, 0) is 4.79 Å². The summed E-state index contributed by atoms with van der Waals surface area (Å²) in [6.07, 6.45) is 1.66. The second kappa shape index (κ2) is 5.37. The highest BCUT2D eigenvalue weighted by atomic mass is 19.1. The van der Waals surface area contributed by atoms with E-state index in [9.17, 15) is 9.18 Å². The minimum Gasteiger partial charge on any atom is -0.344 e. The highest BCUT2D eigenvalue weighted by molar-refractivity contribution is 5.88. The minimum atomic E-state index is -0.276. The lowest BCUT2D eigenvalue weighted by Crippen LogP contribution is -2.48. The van der Waals surface area contributed by atoms with Crippen LogP contribution in [0, 0.1) is 17.7 Å². The fourth-order valence-electron chi connectivity index (χ4n) is 2.18. The number of rotatable bonds is 1. The van der Waals surface area contributed by atoms with E-state index in [1.165, 1.54) is 12.1 Å². The van der Waals surface area contributed by atoms with Crippen LogP contribution < -0.4 is 0 Å². The third-order valence-electron chi connectivity index (χ3n) is 3.47. The van der Waals surface area contributed by atoms with Gasteiger partial charge in [0, 0.05) is 30.9 Å². The average molecular weight is 280 g/mol. The third kappa shape index (κ3) is 2.77. The quantitative estimate of drug-likeness (QED) is 0.592. The first kappa shape index (κ1) is 13.3. The van der Waals surface area contributed by atoms with E-state index in [1.54, 1.807) is 30.3 Å². The molecule has 1 aliphatic rings. The fourth-order valence-corrected chi connectivity index (χ4v) is 2.18. The molecule has 4 heteroatoms. The molecular formula is C17H13FN2O. The Kier molecular flexibility index (Phi) is 3.41. The summed E-state index contributed by atoms with van der Waals surface area (Å²) in [5, 5.41) is 0. The molecule has 3 rings (SSSR count). The number of nitrogens with zero attached hydrogens (tertiary/aromatic N) is 2. The summed E-state index contributed by atoms with van der Waals surface area (Å²) >= 11 is 0. The molecule has 0 bridgehead atoms. The number of hydrogen-bond acceptors (Lipinski definition) is 2. The molecule has 21 heavy (non-hydrogen) atoms. The molecule has 0 N–H and O–H groups in total. The van der Waals surface area contributed by atoms with Gasteiger partial charge in [0.2, 0.25) is 5.91 Å². The highest BCUT2D eigenvalue weighted by Gasteiger charge is 2.35. The number of amides is 1. The highest BCUT2D eigenvalue weighted by Crippen LogP contribution is 2.25. The molecule has 104 valence electrons. The van der Waals surface area contributed by atoms with Crippen molar-refractivity contribution in [2.24, 2.45) is 0 Å². The number of pyridine rings is 1. The lowest BCUT2D eigenvalue weighted by Gasteiger charge is -2.34. The monoisotopic (exact) mass is 280 g/mol. The molecule has 2 aromatic rings. The molecule has 2 heterocycles. The second-order valence-electron chi connectivity index (χ2n) is 5.00. The molecule has 1 saturated heterocycles. The normalized spacial score (nSPS) is 17.0. The van der Waals surface area contributed by atoms with Gasteiger partial charge in [0.15, 0.2) is 0 Å². The molecule has 1 aromatic carbocycles. The van der Waals surface area contributed by atoms with E-state index in [1.807, 2.05) is 12.1 Å². The number of carbonyl (C=O) groups is 1. The van der Waals surface area contributed by atoms with Gasteiger partial charge in [0.05, 0.1) is 11.6 Å². The molecular weight excluding hydrogens is 267 g/mol. The minimum absolute atomic E-state index is 0.104. The van der Waals surface area contributed by atoms with E-state index in [0.29, 0.717) is 6.54 Å². The van der Waals surface area contributed by atoms with Gasteiger partial charge in [-0.25, -0.2) is 4.39 Å². The van der Waals surface area contributed by atoms with Gasteiger partial charge in [0.1, 0.15) is 5.82 Å². The third-order valence-corrected chi connectivity index (χ3v) is 3.47. The lowest BCUT2D eigenvalue weighted by atomic mass is 9.95. The summed E-state index contributed by atoms with van der Waals surface area (Å²) in [5.74, 6) is 5.63. The number of likely N-dealkylation sites (N-methyl/N-ethyl adjacent to an activating group) is 1. The van der Waals surface area contributed by atoms with Crippen LogP contribution in [0.3, 0.4) is 0 Å². The first-order valence-electron chi connectivity index (χ1n) is 6.62. The van der Waals surface area contributed by atoms with Crippen LogP contribution >= 0.6 is 0 Å². The fraction of sp³-hybridized carbons (Fsp3) is 0.176. The van der Waals surface area contributed by atoms with Crippen LogP contribution in [-0.4, -0.2) is 29.4 Å². The SMILES string of the molecule is CN1CC(c2ccc(C#Cc3ccc(F)cc3)cn2)C1=O. The molecule has 0 spiro atoms. The van der Waals surface area contributed by atoms with Crippen LogP contribution in [0.25, 0.3) is 0 Å². The van der Waals surface area contributed by atoms with Gasteiger partial charge >= 0.3 is 0 Å². The van der Waals surface area contributed by atoms with Gasteiger partial charge in [-0.3, -0.25) is 9.78 Å². The van der Waals surface area contributed by atoms with Crippen molar-refractivity contribution in [2.75, 3.05) is 13.6 Å². The molecule has 3 nitrogen and oxygen atoms in total. The van der Waals surface area contributed by atoms with Crippen molar-refractivity contribution < 1.29 is 9.18 Å². The Hall–Kier alpha value is -2.67. The molecule has 1 aliphatic heterocycles. The predicted molar refractivity (Wildman–Crippen MR) is 77.0 cm³/mol. The topological polar surface area (TPSA) is 33.2 Å². The van der Waals surface area contributed by atoms with E-state index in [2.05, 4.69) is 16.8 Å². The Morgan fingerprint density at radius 3 is 2.38 bits per heavy atom. The van der Waals surface area contributed by atoms with E-state index < -0.39 is 0 Å². The largest absolute Gasteiger partial charge is 0.344 e. The van der Waals surface area contributed by atoms with Gasteiger partial charge in [-0.05, 0) is 36.4 Å². The van der Waals surface area contributed by atoms with Crippen LogP contribution in [0.15, 0.2) is 42.6 Å². The van der Waals surface area contributed by atoms with Gasteiger partial charge in [-0.15, -0.1) is 0 Å². The molecule has 0 radical (unpaired) electrons. The van der Waals surface area contributed by atoms with Crippen molar-refractivity contribution in [1.29, 1.82) is 0 Å². The number of halogens is 1. The number of aromatic nitrogens is 1. The molecule has 1 amide bonds. The Balaban J connectivity index is 1.73. The number of β-lactam (4-membered cyclic amide) rings is 1. The van der Waals surface area contributed by atoms with Crippen molar-refractivity contribution in [1.82, 2.24) is 9.88 Å². The van der Waals surface area contributed by atoms with Crippen LogP contribution in [0.1, 0.15) is 22.7 Å². The maximum Gasteiger partial charge on any atom is 0.233 e. The van der Waals surface area contributed by atoms with Crippen LogP contribution in [0.4, 0.5) is 4.39 Å². The number of hydrogen-bond donors (Lipinski definition) is 0. The van der Waals surface area contributed by atoms with E-state index >= 15 is 0 Å². The second-order valence-corrected chi connectivity index (χ2v) is 5.00. The zero-order valence-electron chi connectivity index (χ0n) is 11.5. The molecule has 0 aliphatic carbocycles. The first-order valence-corrected chi connectivity index (χ1v) is 6.62. The van der Waals surface area contributed by atoms with Gasteiger partial charge < -0.3 is 4.90 Å². The Bertz CT molecular complexity index is 726. The zero-order chi connectivity index (χ0) is 14.8. The average Bonchev–Trinajstić information content (AvgIpc) is 2.52. The summed E-state index contributed by atoms with van der Waals surface area (Å²) in [6.45, 7) is 0.715. The Morgan fingerprint density at radius 1 is 1.14 bits per heavy atom. The van der Waals surface area contributed by atoms with Crippen molar-refractivity contribution in [3.63, 3.8) is 0 Å². The number of likely N-dealkylation sites (tertiary alicyclic amines) is 1. The van der Waals surface area contributed by atoms with E-state index in [-0.39, 0.29) is 17.6 Å².